The molecular formula is C12H7BrF2N2O3S. The van der Waals surface area contributed by atoms with Crippen molar-refractivity contribution < 1.29 is 23.5 Å². The number of thiophene rings is 1. The van der Waals surface area contributed by atoms with Gasteiger partial charge in [0, 0.05) is 6.07 Å². The van der Waals surface area contributed by atoms with Crippen LogP contribution < -0.4 is 10.6 Å². The van der Waals surface area contributed by atoms with Gasteiger partial charge in [0.25, 0.3) is 0 Å². The van der Waals surface area contributed by atoms with Crippen LogP contribution in [0.25, 0.3) is 0 Å². The van der Waals surface area contributed by atoms with E-state index in [1.807, 2.05) is 0 Å². The molecule has 1 aromatic carbocycles. The number of amides is 2. The Labute approximate surface area is 129 Å². The molecule has 0 fully saturated rings. The smallest absolute Gasteiger partial charge is 0.338 e. The van der Waals surface area contributed by atoms with Gasteiger partial charge in [-0.05, 0) is 33.4 Å². The number of hydrogen-bond acceptors (Lipinski definition) is 3. The molecule has 2 amide bonds. The van der Waals surface area contributed by atoms with Gasteiger partial charge in [-0.2, -0.15) is 0 Å². The molecule has 0 radical (unpaired) electrons. The minimum Gasteiger partial charge on any atom is -0.478 e. The van der Waals surface area contributed by atoms with Gasteiger partial charge in [0.05, 0.1) is 15.7 Å². The average Bonchev–Trinajstić information content (AvgIpc) is 2.84. The maximum absolute atomic E-state index is 13.5. The van der Waals surface area contributed by atoms with E-state index in [2.05, 4.69) is 26.6 Å². The number of carbonyl (C=O) groups excluding carboxylic acids is 1. The van der Waals surface area contributed by atoms with Crippen molar-refractivity contribution in [2.24, 2.45) is 0 Å². The molecule has 0 bridgehead atoms. The number of nitrogens with one attached hydrogen (secondary N) is 2. The van der Waals surface area contributed by atoms with E-state index >= 15 is 0 Å². The van der Waals surface area contributed by atoms with Crippen molar-refractivity contribution in [3.8, 4) is 0 Å². The van der Waals surface area contributed by atoms with Crippen molar-refractivity contribution in [3.05, 3.63) is 45.2 Å². The lowest BCUT2D eigenvalue weighted by molar-refractivity contribution is 0.0698. The Morgan fingerprint density at radius 3 is 2.57 bits per heavy atom. The zero-order chi connectivity index (χ0) is 15.6. The Morgan fingerprint density at radius 2 is 1.90 bits per heavy atom. The lowest BCUT2D eigenvalue weighted by atomic mass is 10.3. The summed E-state index contributed by atoms with van der Waals surface area (Å²) in [5.41, 5.74) is -0.315. The summed E-state index contributed by atoms with van der Waals surface area (Å²) < 4.78 is 26.5. The standard InChI is InChI=1S/C12H7BrF2N2O3S/c13-6-3-9(8(15)4-7(6)14)16-12(20)17-10-5(11(18)19)1-2-21-10/h1-4H,(H,18,19)(H2,16,17,20). The normalized spacial score (nSPS) is 10.2. The molecular weight excluding hydrogens is 370 g/mol. The Kier molecular flexibility index (Phi) is 4.53. The van der Waals surface area contributed by atoms with E-state index in [4.69, 9.17) is 5.11 Å². The molecule has 0 unspecified atom stereocenters. The van der Waals surface area contributed by atoms with Crippen LogP contribution >= 0.6 is 27.3 Å². The number of halogens is 3. The van der Waals surface area contributed by atoms with Crippen molar-refractivity contribution in [3.63, 3.8) is 0 Å². The molecule has 3 N–H and O–H groups in total. The second kappa shape index (κ2) is 6.19. The first-order valence-electron chi connectivity index (χ1n) is 5.42. The first kappa shape index (κ1) is 15.4. The number of benzene rings is 1. The first-order chi connectivity index (χ1) is 9.88. The van der Waals surface area contributed by atoms with Gasteiger partial charge < -0.3 is 10.4 Å². The monoisotopic (exact) mass is 376 g/mol. The van der Waals surface area contributed by atoms with Crippen LogP contribution in [0.4, 0.5) is 24.3 Å². The molecule has 0 aliphatic rings. The van der Waals surface area contributed by atoms with Crippen molar-refractivity contribution in [1.29, 1.82) is 0 Å². The average molecular weight is 377 g/mol. The fourth-order valence-electron chi connectivity index (χ4n) is 1.45. The lowest BCUT2D eigenvalue weighted by Crippen LogP contribution is -2.20. The van der Waals surface area contributed by atoms with Crippen LogP contribution in [0.15, 0.2) is 28.1 Å². The molecule has 110 valence electrons. The maximum atomic E-state index is 13.5. The van der Waals surface area contributed by atoms with Gasteiger partial charge in [-0.15, -0.1) is 11.3 Å². The predicted molar refractivity (Wildman–Crippen MR) is 78.0 cm³/mol. The minimum atomic E-state index is -1.19. The highest BCUT2D eigenvalue weighted by molar-refractivity contribution is 9.10. The van der Waals surface area contributed by atoms with Crippen LogP contribution in [-0.4, -0.2) is 17.1 Å². The van der Waals surface area contributed by atoms with Gasteiger partial charge in [-0.3, -0.25) is 5.32 Å². The van der Waals surface area contributed by atoms with Gasteiger partial charge in [0.1, 0.15) is 16.6 Å². The number of carbonyl (C=O) groups is 2. The summed E-state index contributed by atoms with van der Waals surface area (Å²) >= 11 is 3.88. The van der Waals surface area contributed by atoms with E-state index in [-0.39, 0.29) is 20.7 Å². The van der Waals surface area contributed by atoms with Crippen LogP contribution in [0.5, 0.6) is 0 Å². The van der Waals surface area contributed by atoms with E-state index in [9.17, 15) is 18.4 Å². The fourth-order valence-corrected chi connectivity index (χ4v) is 2.57. The van der Waals surface area contributed by atoms with Crippen molar-refractivity contribution in [1.82, 2.24) is 0 Å². The molecule has 2 rings (SSSR count). The molecule has 0 spiro atoms. The molecule has 21 heavy (non-hydrogen) atoms. The SMILES string of the molecule is O=C(Nc1cc(Br)c(F)cc1F)Nc1sccc1C(=O)O. The first-order valence-corrected chi connectivity index (χ1v) is 7.09. The van der Waals surface area contributed by atoms with Crippen molar-refractivity contribution in [2.45, 2.75) is 0 Å². The summed E-state index contributed by atoms with van der Waals surface area (Å²) in [6, 6.07) is 2.18. The fraction of sp³-hybridized carbons (Fsp3) is 0. The molecule has 9 heteroatoms. The highest BCUT2D eigenvalue weighted by Crippen LogP contribution is 2.25. The third kappa shape index (κ3) is 3.56. The summed E-state index contributed by atoms with van der Waals surface area (Å²) in [6.07, 6.45) is 0. The lowest BCUT2D eigenvalue weighted by Gasteiger charge is -2.08. The Morgan fingerprint density at radius 1 is 1.19 bits per heavy atom. The van der Waals surface area contributed by atoms with Gasteiger partial charge >= 0.3 is 12.0 Å². The largest absolute Gasteiger partial charge is 0.478 e. The molecule has 2 aromatic rings. The van der Waals surface area contributed by atoms with E-state index in [0.717, 1.165) is 17.4 Å². The van der Waals surface area contributed by atoms with Crippen molar-refractivity contribution in [2.75, 3.05) is 10.6 Å². The Balaban J connectivity index is 2.14. The zero-order valence-corrected chi connectivity index (χ0v) is 12.5. The number of urea groups is 1. The van der Waals surface area contributed by atoms with Crippen molar-refractivity contribution >= 4 is 50.0 Å². The highest BCUT2D eigenvalue weighted by Gasteiger charge is 2.15. The Bertz CT molecular complexity index is 721. The number of anilines is 2. The van der Waals surface area contributed by atoms with E-state index < -0.39 is 23.6 Å². The molecule has 0 aliphatic heterocycles. The summed E-state index contributed by atoms with van der Waals surface area (Å²) in [7, 11) is 0. The van der Waals surface area contributed by atoms with Gasteiger partial charge in [-0.25, -0.2) is 18.4 Å². The molecule has 0 saturated heterocycles. The zero-order valence-electron chi connectivity index (χ0n) is 10.1. The summed E-state index contributed by atoms with van der Waals surface area (Å²) in [4.78, 5) is 22.6. The minimum absolute atomic E-state index is 0.0125. The molecule has 0 atom stereocenters. The highest BCUT2D eigenvalue weighted by atomic mass is 79.9. The number of rotatable bonds is 3. The number of carboxylic acids is 1. The van der Waals surface area contributed by atoms with Crippen LogP contribution in [0, 0.1) is 11.6 Å². The quantitative estimate of drug-likeness (QED) is 0.704. The number of hydrogen-bond donors (Lipinski definition) is 3. The van der Waals surface area contributed by atoms with E-state index in [1.54, 1.807) is 0 Å². The topological polar surface area (TPSA) is 78.4 Å². The number of carboxylic acid groups (broad SMARTS) is 1. The third-order valence-corrected chi connectivity index (χ3v) is 3.82. The second-order valence-corrected chi connectivity index (χ2v) is 5.56. The Hall–Kier alpha value is -2.00. The summed E-state index contributed by atoms with van der Waals surface area (Å²) in [5, 5.41) is 15.0. The maximum Gasteiger partial charge on any atom is 0.338 e. The molecule has 0 aliphatic carbocycles. The van der Waals surface area contributed by atoms with Gasteiger partial charge in [-0.1, -0.05) is 0 Å². The van der Waals surface area contributed by atoms with Crippen LogP contribution in [0.3, 0.4) is 0 Å². The predicted octanol–water partition coefficient (Wildman–Crippen LogP) is 4.13. The van der Waals surface area contributed by atoms with Crippen LogP contribution in [0.2, 0.25) is 0 Å². The molecule has 1 heterocycles. The van der Waals surface area contributed by atoms with Crippen LogP contribution in [0.1, 0.15) is 10.4 Å². The molecule has 0 saturated carbocycles. The van der Waals surface area contributed by atoms with Crippen LogP contribution in [-0.2, 0) is 0 Å². The van der Waals surface area contributed by atoms with Gasteiger partial charge in [0.2, 0.25) is 0 Å². The second-order valence-electron chi connectivity index (χ2n) is 3.79. The summed E-state index contributed by atoms with van der Waals surface area (Å²) in [5.74, 6) is -2.94. The molecule has 1 aromatic heterocycles. The van der Waals surface area contributed by atoms with Gasteiger partial charge in [0.15, 0.2) is 0 Å². The summed E-state index contributed by atoms with van der Waals surface area (Å²) in [6.45, 7) is 0. The van der Waals surface area contributed by atoms with E-state index in [1.165, 1.54) is 11.4 Å². The van der Waals surface area contributed by atoms with E-state index in [0.29, 0.717) is 6.07 Å². The number of aromatic carboxylic acids is 1. The molecule has 5 nitrogen and oxygen atoms in total. The third-order valence-electron chi connectivity index (χ3n) is 2.38.